The Balaban J connectivity index is 2.39. The fourth-order valence-corrected chi connectivity index (χ4v) is 1.13. The molecule has 0 aliphatic heterocycles. The Morgan fingerprint density at radius 3 is 2.71 bits per heavy atom. The molecule has 6 nitrogen and oxygen atoms in total. The molecular weight excluding hydrogens is 180 g/mol. The third-order valence-corrected chi connectivity index (χ3v) is 1.91. The molecule has 0 spiro atoms. The van der Waals surface area contributed by atoms with Gasteiger partial charge in [-0.25, -0.2) is 4.68 Å². The summed E-state index contributed by atoms with van der Waals surface area (Å²) in [5.74, 6) is 0. The van der Waals surface area contributed by atoms with E-state index in [4.69, 9.17) is 5.73 Å². The molecule has 0 amide bonds. The molecule has 0 atom stereocenters. The first kappa shape index (κ1) is 8.76. The Morgan fingerprint density at radius 2 is 2.21 bits per heavy atom. The van der Waals surface area contributed by atoms with Crippen molar-refractivity contribution < 1.29 is 0 Å². The summed E-state index contributed by atoms with van der Waals surface area (Å²) >= 11 is 0. The molecule has 2 aromatic heterocycles. The molecule has 14 heavy (non-hydrogen) atoms. The van der Waals surface area contributed by atoms with Crippen molar-refractivity contribution in [1.29, 1.82) is 0 Å². The summed E-state index contributed by atoms with van der Waals surface area (Å²) in [6, 6.07) is 3.70. The van der Waals surface area contributed by atoms with Gasteiger partial charge in [0.1, 0.15) is 11.4 Å². The van der Waals surface area contributed by atoms with Crippen LogP contribution in [0.2, 0.25) is 0 Å². The predicted molar refractivity (Wildman–Crippen MR) is 49.9 cm³/mol. The Bertz CT molecular complexity index is 418. The van der Waals surface area contributed by atoms with E-state index in [0.29, 0.717) is 6.54 Å². The molecule has 0 aliphatic rings. The van der Waals surface area contributed by atoms with Gasteiger partial charge in [0.15, 0.2) is 0 Å². The first-order valence-corrected chi connectivity index (χ1v) is 4.19. The van der Waals surface area contributed by atoms with Gasteiger partial charge in [-0.05, 0) is 12.1 Å². The Kier molecular flexibility index (Phi) is 2.19. The Labute approximate surface area is 80.8 Å². The average Bonchev–Trinajstić information content (AvgIpc) is 2.65. The Morgan fingerprint density at radius 1 is 1.36 bits per heavy atom. The fraction of sp³-hybridized carbons (Fsp3) is 0.250. The average molecular weight is 190 g/mol. The monoisotopic (exact) mass is 190 g/mol. The number of aryl methyl sites for hydroxylation is 1. The zero-order valence-electron chi connectivity index (χ0n) is 7.75. The second-order valence-corrected chi connectivity index (χ2v) is 2.86. The van der Waals surface area contributed by atoms with Gasteiger partial charge in [0.25, 0.3) is 0 Å². The maximum Gasteiger partial charge on any atom is 0.113 e. The second-order valence-electron chi connectivity index (χ2n) is 2.86. The highest BCUT2D eigenvalue weighted by Gasteiger charge is 2.05. The van der Waals surface area contributed by atoms with E-state index < -0.39 is 0 Å². The molecule has 2 heterocycles. The molecule has 0 saturated heterocycles. The van der Waals surface area contributed by atoms with Gasteiger partial charge in [-0.1, -0.05) is 5.21 Å². The van der Waals surface area contributed by atoms with E-state index in [-0.39, 0.29) is 0 Å². The minimum Gasteiger partial charge on any atom is -0.325 e. The van der Waals surface area contributed by atoms with Crippen molar-refractivity contribution in [2.75, 3.05) is 0 Å². The number of hydrogen-bond donors (Lipinski definition) is 1. The van der Waals surface area contributed by atoms with Crippen LogP contribution in [0.15, 0.2) is 18.3 Å². The molecule has 0 aromatic carbocycles. The van der Waals surface area contributed by atoms with Gasteiger partial charge in [-0.2, -0.15) is 5.10 Å². The highest BCUT2D eigenvalue weighted by atomic mass is 15.4. The van der Waals surface area contributed by atoms with Crippen LogP contribution in [0, 0.1) is 0 Å². The quantitative estimate of drug-likeness (QED) is 0.704. The standard InChI is InChI=1S/C8H10N6/c1-14-8(5-10-13-14)7-3-2-6(4-9)11-12-7/h2-3,5H,4,9H2,1H3. The molecule has 0 bridgehead atoms. The van der Waals surface area contributed by atoms with Gasteiger partial charge in [0.05, 0.1) is 11.9 Å². The highest BCUT2D eigenvalue weighted by Crippen LogP contribution is 2.12. The molecular formula is C8H10N6. The number of hydrogen-bond acceptors (Lipinski definition) is 5. The molecule has 0 saturated carbocycles. The van der Waals surface area contributed by atoms with Crippen LogP contribution in [0.25, 0.3) is 11.4 Å². The number of aromatic nitrogens is 5. The lowest BCUT2D eigenvalue weighted by Gasteiger charge is -1.99. The molecule has 2 N–H and O–H groups in total. The topological polar surface area (TPSA) is 82.5 Å². The van der Waals surface area contributed by atoms with Crippen molar-refractivity contribution in [2.45, 2.75) is 6.54 Å². The van der Waals surface area contributed by atoms with Crippen molar-refractivity contribution in [3.05, 3.63) is 24.0 Å². The summed E-state index contributed by atoms with van der Waals surface area (Å²) in [6.07, 6.45) is 1.64. The first-order valence-electron chi connectivity index (χ1n) is 4.19. The molecule has 0 aliphatic carbocycles. The summed E-state index contributed by atoms with van der Waals surface area (Å²) < 4.78 is 1.64. The van der Waals surface area contributed by atoms with Crippen molar-refractivity contribution >= 4 is 0 Å². The molecule has 0 fully saturated rings. The SMILES string of the molecule is Cn1nncc1-c1ccc(CN)nn1. The third kappa shape index (κ3) is 1.47. The smallest absolute Gasteiger partial charge is 0.113 e. The third-order valence-electron chi connectivity index (χ3n) is 1.91. The van der Waals surface area contributed by atoms with Gasteiger partial charge in [0.2, 0.25) is 0 Å². The number of rotatable bonds is 2. The van der Waals surface area contributed by atoms with Gasteiger partial charge in [-0.3, -0.25) is 0 Å². The summed E-state index contributed by atoms with van der Waals surface area (Å²) in [7, 11) is 1.81. The normalized spacial score (nSPS) is 10.4. The Hall–Kier alpha value is -1.82. The minimum atomic E-state index is 0.400. The van der Waals surface area contributed by atoms with Crippen LogP contribution in [0.5, 0.6) is 0 Å². The summed E-state index contributed by atoms with van der Waals surface area (Å²) in [5.41, 5.74) is 7.76. The lowest BCUT2D eigenvalue weighted by Crippen LogP contribution is -2.02. The van der Waals surface area contributed by atoms with Crippen molar-refractivity contribution in [3.8, 4) is 11.4 Å². The summed E-state index contributed by atoms with van der Waals surface area (Å²) in [4.78, 5) is 0. The fourth-order valence-electron chi connectivity index (χ4n) is 1.13. The number of nitrogens with two attached hydrogens (primary N) is 1. The zero-order chi connectivity index (χ0) is 9.97. The lowest BCUT2D eigenvalue weighted by molar-refractivity contribution is 0.717. The second kappa shape index (κ2) is 3.51. The van der Waals surface area contributed by atoms with E-state index in [1.807, 2.05) is 12.1 Å². The summed E-state index contributed by atoms with van der Waals surface area (Å²) in [5, 5.41) is 15.5. The van der Waals surface area contributed by atoms with Crippen LogP contribution in [-0.2, 0) is 13.6 Å². The van der Waals surface area contributed by atoms with E-state index >= 15 is 0 Å². The van der Waals surface area contributed by atoms with E-state index in [0.717, 1.165) is 17.1 Å². The molecule has 72 valence electrons. The van der Waals surface area contributed by atoms with Gasteiger partial charge in [-0.15, -0.1) is 10.2 Å². The van der Waals surface area contributed by atoms with Crippen molar-refractivity contribution in [2.24, 2.45) is 12.8 Å². The van der Waals surface area contributed by atoms with Crippen molar-refractivity contribution in [3.63, 3.8) is 0 Å². The molecule has 6 heteroatoms. The van der Waals surface area contributed by atoms with Crippen LogP contribution in [-0.4, -0.2) is 25.2 Å². The van der Waals surface area contributed by atoms with E-state index in [1.165, 1.54) is 0 Å². The lowest BCUT2D eigenvalue weighted by atomic mass is 10.3. The predicted octanol–water partition coefficient (Wildman–Crippen LogP) is -0.269. The summed E-state index contributed by atoms with van der Waals surface area (Å²) in [6.45, 7) is 0.400. The van der Waals surface area contributed by atoms with Crippen LogP contribution in [0.4, 0.5) is 0 Å². The van der Waals surface area contributed by atoms with Crippen molar-refractivity contribution in [1.82, 2.24) is 25.2 Å². The minimum absolute atomic E-state index is 0.400. The van der Waals surface area contributed by atoms with Gasteiger partial charge in [0, 0.05) is 13.6 Å². The van der Waals surface area contributed by atoms with Crippen LogP contribution >= 0.6 is 0 Å². The van der Waals surface area contributed by atoms with E-state index in [9.17, 15) is 0 Å². The van der Waals surface area contributed by atoms with Gasteiger partial charge >= 0.3 is 0 Å². The van der Waals surface area contributed by atoms with E-state index in [2.05, 4.69) is 20.5 Å². The maximum atomic E-state index is 5.42. The molecule has 0 unspecified atom stereocenters. The molecule has 0 radical (unpaired) electrons. The first-order chi connectivity index (χ1) is 6.81. The van der Waals surface area contributed by atoms with Crippen LogP contribution in [0.3, 0.4) is 0 Å². The zero-order valence-corrected chi connectivity index (χ0v) is 7.75. The van der Waals surface area contributed by atoms with Crippen LogP contribution in [0.1, 0.15) is 5.69 Å². The number of nitrogens with zero attached hydrogens (tertiary/aromatic N) is 5. The largest absolute Gasteiger partial charge is 0.325 e. The van der Waals surface area contributed by atoms with E-state index in [1.54, 1.807) is 17.9 Å². The molecule has 2 rings (SSSR count). The maximum absolute atomic E-state index is 5.42. The van der Waals surface area contributed by atoms with Crippen LogP contribution < -0.4 is 5.73 Å². The molecule has 2 aromatic rings. The van der Waals surface area contributed by atoms with Gasteiger partial charge < -0.3 is 5.73 Å². The highest BCUT2D eigenvalue weighted by molar-refractivity contribution is 5.51.